The number of fused-ring (bicyclic) bond motifs is 1. The standard InChI is InChI=1S/C26H27N5O3.3ClH/c27-25-24-22(17-6-12-21(13-7-17)34-20-4-2-1-3-5-20)15-31(26(24)30-16-29-25)19-10-8-18(9-11-19)28-14-23(32)33;;;/h1-7,12-13,15-16,18-19,28H,8-11,14H2,(H,32,33)(H2,27,29,30);3*1H/t18-,19-;;;. The normalized spacial score (nSPS) is 16.6. The summed E-state index contributed by atoms with van der Waals surface area (Å²) in [6.07, 6.45) is 7.34. The molecule has 0 bridgehead atoms. The van der Waals surface area contributed by atoms with Gasteiger partial charge in [0.25, 0.3) is 0 Å². The van der Waals surface area contributed by atoms with E-state index in [2.05, 4.69) is 26.0 Å². The molecule has 0 unspecified atom stereocenters. The van der Waals surface area contributed by atoms with Gasteiger partial charge in [0.05, 0.1) is 11.9 Å². The molecule has 1 saturated carbocycles. The number of aromatic nitrogens is 3. The molecule has 11 heteroatoms. The lowest BCUT2D eigenvalue weighted by atomic mass is 9.91. The van der Waals surface area contributed by atoms with E-state index in [-0.39, 0.29) is 55.8 Å². The predicted octanol–water partition coefficient (Wildman–Crippen LogP) is 5.90. The van der Waals surface area contributed by atoms with Gasteiger partial charge >= 0.3 is 5.97 Å². The zero-order chi connectivity index (χ0) is 23.5. The summed E-state index contributed by atoms with van der Waals surface area (Å²) in [5.41, 5.74) is 9.14. The van der Waals surface area contributed by atoms with E-state index in [0.29, 0.717) is 5.82 Å². The van der Waals surface area contributed by atoms with Gasteiger partial charge in [-0.2, -0.15) is 0 Å². The second kappa shape index (κ2) is 13.5. The Morgan fingerprint density at radius 2 is 1.62 bits per heavy atom. The van der Waals surface area contributed by atoms with Crippen molar-refractivity contribution in [1.82, 2.24) is 19.9 Å². The maximum atomic E-state index is 10.9. The number of aliphatic carboxylic acids is 1. The highest BCUT2D eigenvalue weighted by Crippen LogP contribution is 2.38. The topological polar surface area (TPSA) is 115 Å². The highest BCUT2D eigenvalue weighted by atomic mass is 35.5. The minimum atomic E-state index is -0.824. The van der Waals surface area contributed by atoms with E-state index in [4.69, 9.17) is 15.6 Å². The first-order valence-electron chi connectivity index (χ1n) is 11.5. The van der Waals surface area contributed by atoms with E-state index in [9.17, 15) is 4.79 Å². The molecular weight excluding hydrogens is 537 g/mol. The summed E-state index contributed by atoms with van der Waals surface area (Å²) >= 11 is 0. The maximum absolute atomic E-state index is 10.9. The van der Waals surface area contributed by atoms with Crippen molar-refractivity contribution in [2.45, 2.75) is 37.8 Å². The number of rotatable bonds is 7. The van der Waals surface area contributed by atoms with Gasteiger partial charge in [-0.15, -0.1) is 37.2 Å². The van der Waals surface area contributed by atoms with Gasteiger partial charge in [0.1, 0.15) is 29.3 Å². The van der Waals surface area contributed by atoms with Crippen LogP contribution in [0.25, 0.3) is 22.2 Å². The molecule has 0 spiro atoms. The van der Waals surface area contributed by atoms with Crippen LogP contribution in [0.3, 0.4) is 0 Å². The number of carbonyl (C=O) groups is 1. The summed E-state index contributed by atoms with van der Waals surface area (Å²) in [6, 6.07) is 18.1. The minimum Gasteiger partial charge on any atom is -0.480 e. The van der Waals surface area contributed by atoms with Crippen molar-refractivity contribution in [2.75, 3.05) is 12.3 Å². The number of nitrogen functional groups attached to an aromatic ring is 1. The number of benzene rings is 2. The lowest BCUT2D eigenvalue weighted by molar-refractivity contribution is -0.136. The third-order valence-corrected chi connectivity index (χ3v) is 6.41. The molecule has 4 aromatic rings. The van der Waals surface area contributed by atoms with Crippen LogP contribution < -0.4 is 15.8 Å². The van der Waals surface area contributed by atoms with Crippen molar-refractivity contribution in [2.24, 2.45) is 0 Å². The Balaban J connectivity index is 0.00000160. The lowest BCUT2D eigenvalue weighted by Gasteiger charge is -2.30. The first kappa shape index (κ1) is 30.2. The second-order valence-electron chi connectivity index (χ2n) is 8.63. The quantitative estimate of drug-likeness (QED) is 0.255. The summed E-state index contributed by atoms with van der Waals surface area (Å²) in [7, 11) is 0. The number of anilines is 1. The van der Waals surface area contributed by atoms with E-state index >= 15 is 0 Å². The van der Waals surface area contributed by atoms with E-state index < -0.39 is 5.97 Å². The minimum absolute atomic E-state index is 0. The number of carboxylic acid groups (broad SMARTS) is 1. The molecule has 198 valence electrons. The smallest absolute Gasteiger partial charge is 0.317 e. The van der Waals surface area contributed by atoms with Gasteiger partial charge in [-0.1, -0.05) is 30.3 Å². The van der Waals surface area contributed by atoms with Gasteiger partial charge in [-0.25, -0.2) is 9.97 Å². The van der Waals surface area contributed by atoms with Crippen LogP contribution >= 0.6 is 37.2 Å². The number of nitrogens with zero attached hydrogens (tertiary/aromatic N) is 3. The number of carboxylic acids is 1. The lowest BCUT2D eigenvalue weighted by Crippen LogP contribution is -2.36. The highest BCUT2D eigenvalue weighted by Gasteiger charge is 2.26. The molecule has 1 fully saturated rings. The Morgan fingerprint density at radius 3 is 2.27 bits per heavy atom. The molecule has 0 saturated heterocycles. The first-order valence-corrected chi connectivity index (χ1v) is 11.5. The molecule has 5 rings (SSSR count). The first-order chi connectivity index (χ1) is 16.6. The van der Waals surface area contributed by atoms with E-state index in [1.807, 2.05) is 54.6 Å². The number of para-hydroxylation sites is 1. The fourth-order valence-corrected chi connectivity index (χ4v) is 4.72. The third-order valence-electron chi connectivity index (χ3n) is 6.41. The number of ether oxygens (including phenoxy) is 1. The molecule has 2 aromatic carbocycles. The van der Waals surface area contributed by atoms with Gasteiger partial charge in [-0.3, -0.25) is 4.79 Å². The van der Waals surface area contributed by atoms with Crippen LogP contribution in [-0.2, 0) is 4.79 Å². The Morgan fingerprint density at radius 1 is 0.973 bits per heavy atom. The maximum Gasteiger partial charge on any atom is 0.317 e. The Labute approximate surface area is 233 Å². The van der Waals surface area contributed by atoms with E-state index in [1.165, 1.54) is 6.33 Å². The van der Waals surface area contributed by atoms with Gasteiger partial charge in [0.15, 0.2) is 0 Å². The monoisotopic (exact) mass is 565 g/mol. The van der Waals surface area contributed by atoms with Crippen LogP contribution in [0.5, 0.6) is 11.5 Å². The number of nitrogens with one attached hydrogen (secondary N) is 1. The van der Waals surface area contributed by atoms with Gasteiger partial charge in [-0.05, 0) is 55.5 Å². The van der Waals surface area contributed by atoms with Crippen molar-refractivity contribution in [3.8, 4) is 22.6 Å². The van der Waals surface area contributed by atoms with Gasteiger partial charge < -0.3 is 25.5 Å². The van der Waals surface area contributed by atoms with Gasteiger partial charge in [0.2, 0.25) is 0 Å². The molecule has 2 aromatic heterocycles. The molecule has 2 heterocycles. The second-order valence-corrected chi connectivity index (χ2v) is 8.63. The molecule has 0 atom stereocenters. The summed E-state index contributed by atoms with van der Waals surface area (Å²) < 4.78 is 8.14. The van der Waals surface area contributed by atoms with Crippen LogP contribution in [0.1, 0.15) is 31.7 Å². The average molecular weight is 567 g/mol. The molecule has 0 amide bonds. The summed E-state index contributed by atoms with van der Waals surface area (Å²) in [5, 5.41) is 12.9. The number of nitrogens with two attached hydrogens (primary N) is 1. The molecule has 37 heavy (non-hydrogen) atoms. The fourth-order valence-electron chi connectivity index (χ4n) is 4.72. The molecule has 0 radical (unpaired) electrons. The SMILES string of the molecule is Cl.Cl.Cl.Nc1ncnc2c1c(-c1ccc(Oc3ccccc3)cc1)cn2[C@H]1CC[C@H](NCC(=O)O)CC1. The van der Waals surface area contributed by atoms with Crippen molar-refractivity contribution in [1.29, 1.82) is 0 Å². The van der Waals surface area contributed by atoms with Crippen molar-refractivity contribution < 1.29 is 14.6 Å². The Kier molecular flexibility index (Phi) is 11.0. The Bertz CT molecular complexity index is 1290. The molecule has 8 nitrogen and oxygen atoms in total. The average Bonchev–Trinajstić information content (AvgIpc) is 3.25. The number of hydrogen-bond acceptors (Lipinski definition) is 6. The molecule has 1 aliphatic rings. The summed E-state index contributed by atoms with van der Waals surface area (Å²) in [4.78, 5) is 19.7. The molecular formula is C26H30Cl3N5O3. The van der Waals surface area contributed by atoms with Crippen LogP contribution in [0, 0.1) is 0 Å². The van der Waals surface area contributed by atoms with Crippen molar-refractivity contribution in [3.05, 3.63) is 67.1 Å². The number of halogens is 3. The van der Waals surface area contributed by atoms with Crippen LogP contribution in [0.15, 0.2) is 67.1 Å². The largest absolute Gasteiger partial charge is 0.480 e. The summed E-state index contributed by atoms with van der Waals surface area (Å²) in [6.45, 7) is -0.000325. The molecule has 4 N–H and O–H groups in total. The fraction of sp³-hybridized carbons (Fsp3) is 0.269. The highest BCUT2D eigenvalue weighted by molar-refractivity contribution is 6.00. The Hall–Kier alpha value is -3.04. The van der Waals surface area contributed by atoms with Crippen LogP contribution in [-0.4, -0.2) is 38.2 Å². The molecule has 0 aliphatic heterocycles. The zero-order valence-corrected chi connectivity index (χ0v) is 22.4. The van der Waals surface area contributed by atoms with Crippen LogP contribution in [0.4, 0.5) is 5.82 Å². The van der Waals surface area contributed by atoms with E-state index in [0.717, 1.165) is 59.3 Å². The van der Waals surface area contributed by atoms with Crippen molar-refractivity contribution in [3.63, 3.8) is 0 Å². The van der Waals surface area contributed by atoms with Crippen LogP contribution in [0.2, 0.25) is 0 Å². The number of hydrogen-bond donors (Lipinski definition) is 3. The van der Waals surface area contributed by atoms with Gasteiger partial charge in [0, 0.05) is 23.8 Å². The predicted molar refractivity (Wildman–Crippen MR) is 153 cm³/mol. The summed E-state index contributed by atoms with van der Waals surface area (Å²) in [5.74, 6) is 1.18. The molecule has 1 aliphatic carbocycles. The van der Waals surface area contributed by atoms with E-state index in [1.54, 1.807) is 0 Å². The zero-order valence-electron chi connectivity index (χ0n) is 19.9. The van der Waals surface area contributed by atoms with Crippen molar-refractivity contribution >= 4 is 60.0 Å². The third kappa shape index (κ3) is 6.84.